The van der Waals surface area contributed by atoms with Crippen LogP contribution in [0, 0.1) is 0 Å². The summed E-state index contributed by atoms with van der Waals surface area (Å²) in [7, 11) is 1.91. The first-order chi connectivity index (χ1) is 31.9. The van der Waals surface area contributed by atoms with Gasteiger partial charge in [0.2, 0.25) is 6.61 Å². The maximum absolute atomic E-state index is 13.3. The van der Waals surface area contributed by atoms with Gasteiger partial charge in [-0.15, -0.1) is 0 Å². The van der Waals surface area contributed by atoms with Crippen molar-refractivity contribution in [3.63, 3.8) is 0 Å². The molecule has 0 amide bonds. The zero-order chi connectivity index (χ0) is 46.7. The predicted molar refractivity (Wildman–Crippen MR) is 248 cm³/mol. The molecular weight excluding hydrogens is 850 g/mol. The third kappa shape index (κ3) is 15.7. The minimum atomic E-state index is -4.58. The van der Waals surface area contributed by atoms with Gasteiger partial charge in [-0.25, -0.2) is 0 Å². The lowest BCUT2D eigenvalue weighted by Gasteiger charge is -2.20. The van der Waals surface area contributed by atoms with Crippen LogP contribution in [0.2, 0.25) is 0 Å². The number of aliphatic carboxylic acids is 2. The van der Waals surface area contributed by atoms with Crippen LogP contribution in [0.4, 0.5) is 18.9 Å². The Morgan fingerprint density at radius 1 is 0.636 bits per heavy atom. The van der Waals surface area contributed by atoms with Crippen LogP contribution in [-0.2, 0) is 51.8 Å². The molecule has 3 N–H and O–H groups in total. The van der Waals surface area contributed by atoms with E-state index in [1.165, 1.54) is 0 Å². The molecule has 14 heteroatoms. The first-order valence-electron chi connectivity index (χ1n) is 21.3. The van der Waals surface area contributed by atoms with Gasteiger partial charge in [-0.1, -0.05) is 126 Å². The molecular formula is C52H51F3N4O7. The fourth-order valence-corrected chi connectivity index (χ4v) is 6.88. The van der Waals surface area contributed by atoms with E-state index in [0.29, 0.717) is 61.7 Å². The monoisotopic (exact) mass is 900 g/mol. The van der Waals surface area contributed by atoms with Gasteiger partial charge in [0.05, 0.1) is 0 Å². The summed E-state index contributed by atoms with van der Waals surface area (Å²) in [4.78, 5) is 34.9. The highest BCUT2D eigenvalue weighted by atomic mass is 19.4. The van der Waals surface area contributed by atoms with Gasteiger partial charge in [-0.05, 0) is 84.1 Å². The molecule has 0 atom stereocenters. The third-order valence-electron chi connectivity index (χ3n) is 10.3. The number of likely N-dealkylation sites (N-methyl/N-ethyl adjacent to an activating group) is 1. The fourth-order valence-electron chi connectivity index (χ4n) is 6.88. The van der Waals surface area contributed by atoms with E-state index in [1.807, 2.05) is 139 Å². The highest BCUT2D eigenvalue weighted by Crippen LogP contribution is 2.23. The molecule has 0 heterocycles. The summed E-state index contributed by atoms with van der Waals surface area (Å²) < 4.78 is 45.8. The lowest BCUT2D eigenvalue weighted by molar-refractivity contribution is -0.173. The lowest BCUT2D eigenvalue weighted by atomic mass is 9.95. The molecule has 0 unspecified atom stereocenters. The molecule has 6 rings (SSSR count). The predicted octanol–water partition coefficient (Wildman–Crippen LogP) is 10.1. The number of ether oxygens (including phenoxy) is 1. The lowest BCUT2D eigenvalue weighted by Crippen LogP contribution is -2.24. The smallest absolute Gasteiger partial charge is 0.425 e. The van der Waals surface area contributed by atoms with Crippen LogP contribution >= 0.6 is 0 Å². The Labute approximate surface area is 381 Å². The molecule has 0 aliphatic rings. The summed E-state index contributed by atoms with van der Waals surface area (Å²) in [5, 5.41) is 30.1. The summed E-state index contributed by atoms with van der Waals surface area (Å²) in [6.07, 6.45) is -3.61. The highest BCUT2D eigenvalue weighted by molar-refractivity contribution is 6.14. The van der Waals surface area contributed by atoms with Gasteiger partial charge in [0.15, 0.2) is 0 Å². The molecule has 0 spiro atoms. The molecule has 0 saturated heterocycles. The number of aryl methyl sites for hydroxylation is 2. The molecule has 0 radical (unpaired) electrons. The Morgan fingerprint density at radius 3 is 1.83 bits per heavy atom. The number of carboxylic acid groups (broad SMARTS) is 2. The van der Waals surface area contributed by atoms with Gasteiger partial charge < -0.3 is 29.9 Å². The summed E-state index contributed by atoms with van der Waals surface area (Å²) in [6.45, 7) is 0.195. The van der Waals surface area contributed by atoms with Crippen LogP contribution in [0.5, 0.6) is 5.75 Å². The minimum Gasteiger partial charge on any atom is -0.489 e. The Bertz CT molecular complexity index is 2550. The van der Waals surface area contributed by atoms with Crippen molar-refractivity contribution in [2.45, 2.75) is 51.6 Å². The molecule has 6 aromatic carbocycles. The largest absolute Gasteiger partial charge is 0.489 e. The van der Waals surface area contributed by atoms with E-state index in [-0.39, 0.29) is 25.2 Å². The zero-order valence-electron chi connectivity index (χ0n) is 36.4. The molecule has 0 aliphatic carbocycles. The molecule has 0 saturated carbocycles. The van der Waals surface area contributed by atoms with Crippen LogP contribution in [0.25, 0.3) is 0 Å². The number of hydrogen-bond acceptors (Lipinski definition) is 9. The molecule has 6 aromatic rings. The topological polar surface area (TPSA) is 142 Å². The van der Waals surface area contributed by atoms with Crippen LogP contribution in [0.15, 0.2) is 162 Å². The number of anilines is 1. The third-order valence-corrected chi connectivity index (χ3v) is 10.3. The average molecular weight is 901 g/mol. The fraction of sp³-hybridized carbons (Fsp3) is 0.231. The van der Waals surface area contributed by atoms with Crippen LogP contribution in [0.1, 0.15) is 62.9 Å². The van der Waals surface area contributed by atoms with E-state index in [4.69, 9.17) is 24.6 Å². The second-order valence-electron chi connectivity index (χ2n) is 15.5. The summed E-state index contributed by atoms with van der Waals surface area (Å²) in [5.41, 5.74) is 8.93. The van der Waals surface area contributed by atoms with E-state index >= 15 is 0 Å². The van der Waals surface area contributed by atoms with E-state index in [2.05, 4.69) is 15.6 Å². The molecule has 11 nitrogen and oxygen atoms in total. The van der Waals surface area contributed by atoms with E-state index in [0.717, 1.165) is 44.6 Å². The van der Waals surface area contributed by atoms with Crippen molar-refractivity contribution in [1.82, 2.24) is 4.90 Å². The maximum Gasteiger partial charge on any atom is 0.425 e. The van der Waals surface area contributed by atoms with E-state index in [9.17, 15) is 22.8 Å². The first kappa shape index (κ1) is 48.0. The number of nitrogens with zero attached hydrogens (tertiary/aromatic N) is 3. The number of carboxylic acids is 2. The first-order valence-corrected chi connectivity index (χ1v) is 21.3. The van der Waals surface area contributed by atoms with Crippen LogP contribution < -0.4 is 10.1 Å². The van der Waals surface area contributed by atoms with Gasteiger partial charge in [0.1, 0.15) is 30.4 Å². The van der Waals surface area contributed by atoms with Crippen molar-refractivity contribution in [2.75, 3.05) is 32.1 Å². The van der Waals surface area contributed by atoms with Crippen molar-refractivity contribution in [3.05, 3.63) is 202 Å². The number of halogens is 3. The van der Waals surface area contributed by atoms with Gasteiger partial charge in [0.25, 0.3) is 0 Å². The maximum atomic E-state index is 13.3. The number of oxime groups is 2. The van der Waals surface area contributed by atoms with Gasteiger partial charge >= 0.3 is 18.1 Å². The number of rotatable bonds is 24. The van der Waals surface area contributed by atoms with Crippen molar-refractivity contribution in [3.8, 4) is 5.75 Å². The second kappa shape index (κ2) is 24.0. The molecule has 0 fully saturated rings. The minimum absolute atomic E-state index is 0.0390. The summed E-state index contributed by atoms with van der Waals surface area (Å²) in [5.74, 6) is -1.04. The molecule has 342 valence electrons. The van der Waals surface area contributed by atoms with E-state index < -0.39 is 24.7 Å². The number of nitrogens with one attached hydrogen (secondary N) is 1. The second-order valence-corrected chi connectivity index (χ2v) is 15.5. The van der Waals surface area contributed by atoms with Crippen molar-refractivity contribution < 1.29 is 47.4 Å². The number of hydrogen-bond donors (Lipinski definition) is 3. The summed E-state index contributed by atoms with van der Waals surface area (Å²) >= 11 is 0. The van der Waals surface area contributed by atoms with Crippen molar-refractivity contribution in [1.29, 1.82) is 0 Å². The zero-order valence-corrected chi connectivity index (χ0v) is 36.4. The van der Waals surface area contributed by atoms with Gasteiger partial charge in [0, 0.05) is 60.4 Å². The van der Waals surface area contributed by atoms with Gasteiger partial charge in [-0.3, -0.25) is 14.5 Å². The SMILES string of the molecule is CN(CCON=C(c1ccccc1)c1cccc(COc2ccc(CCC(=O)O)cc2)c1)Cc1ccc(CNc2ccc(CCC(=O)O)cc2)cc1C(=NOCC(F)(F)F)c1ccccc1. The molecule has 66 heavy (non-hydrogen) atoms. The Balaban J connectivity index is 1.16. The molecule has 0 bridgehead atoms. The Morgan fingerprint density at radius 2 is 1.21 bits per heavy atom. The highest BCUT2D eigenvalue weighted by Gasteiger charge is 2.29. The average Bonchev–Trinajstić information content (AvgIpc) is 3.31. The Hall–Kier alpha value is -7.45. The van der Waals surface area contributed by atoms with E-state index in [1.54, 1.807) is 24.3 Å². The number of alkyl halides is 3. The van der Waals surface area contributed by atoms with Crippen molar-refractivity contribution >= 4 is 29.0 Å². The Kier molecular flexibility index (Phi) is 17.5. The standard InChI is InChI=1S/C52H51F3N4O7/c1-59(29-30-65-57-50(41-10-4-2-5-11-41)43-14-8-9-40(31-43)35-64-46-25-18-38(19-26-46)21-28-49(62)63)34-44-22-15-39(33-56-45-23-16-37(17-24-45)20-27-48(60)61)32-47(44)51(42-12-6-3-7-13-42)58-66-36-52(53,54)55/h2-19,22-26,31-32,56H,20-21,27-30,33-36H2,1H3,(H,60,61)(H,62,63). The van der Waals surface area contributed by atoms with Crippen LogP contribution in [-0.4, -0.2) is 71.5 Å². The molecule has 0 aliphatic heterocycles. The molecule has 0 aromatic heterocycles. The van der Waals surface area contributed by atoms with Crippen LogP contribution in [0.3, 0.4) is 0 Å². The normalized spacial score (nSPS) is 11.9. The van der Waals surface area contributed by atoms with Gasteiger partial charge in [-0.2, -0.15) is 13.2 Å². The van der Waals surface area contributed by atoms with Crippen molar-refractivity contribution in [2.24, 2.45) is 10.3 Å². The number of carbonyl (C=O) groups is 2. The number of benzene rings is 6. The quantitative estimate of drug-likeness (QED) is 0.0307. The summed E-state index contributed by atoms with van der Waals surface area (Å²) in [6, 6.07) is 47.1.